The number of aromatic nitrogens is 3. The van der Waals surface area contributed by atoms with Crippen LogP contribution in [0.4, 0.5) is 5.69 Å². The molecule has 0 saturated heterocycles. The SMILES string of the molecule is Cn1c(CCc2cccc(N)c2)nc2cnccc21. The first-order chi connectivity index (χ1) is 9.24. The summed E-state index contributed by atoms with van der Waals surface area (Å²) >= 11 is 0. The van der Waals surface area contributed by atoms with E-state index in [1.54, 1.807) is 12.4 Å². The monoisotopic (exact) mass is 252 g/mol. The van der Waals surface area contributed by atoms with Crippen LogP contribution in [0.5, 0.6) is 0 Å². The highest BCUT2D eigenvalue weighted by molar-refractivity contribution is 5.74. The molecule has 0 aliphatic carbocycles. The highest BCUT2D eigenvalue weighted by Crippen LogP contribution is 2.15. The Morgan fingerprint density at radius 3 is 2.89 bits per heavy atom. The third-order valence-electron chi connectivity index (χ3n) is 3.36. The van der Waals surface area contributed by atoms with E-state index in [1.165, 1.54) is 5.56 Å². The van der Waals surface area contributed by atoms with Crippen LogP contribution in [0.25, 0.3) is 11.0 Å². The van der Waals surface area contributed by atoms with Crippen molar-refractivity contribution in [3.63, 3.8) is 0 Å². The molecule has 0 fully saturated rings. The fraction of sp³-hybridized carbons (Fsp3) is 0.200. The molecule has 4 heteroatoms. The molecule has 1 aromatic carbocycles. The molecule has 0 aliphatic heterocycles. The zero-order valence-corrected chi connectivity index (χ0v) is 10.9. The Morgan fingerprint density at radius 1 is 1.21 bits per heavy atom. The molecule has 3 rings (SSSR count). The average Bonchev–Trinajstić information content (AvgIpc) is 2.74. The van der Waals surface area contributed by atoms with Crippen molar-refractivity contribution >= 4 is 16.7 Å². The van der Waals surface area contributed by atoms with Crippen molar-refractivity contribution in [1.29, 1.82) is 0 Å². The number of pyridine rings is 1. The summed E-state index contributed by atoms with van der Waals surface area (Å²) in [6.45, 7) is 0. The maximum absolute atomic E-state index is 5.79. The van der Waals surface area contributed by atoms with E-state index >= 15 is 0 Å². The lowest BCUT2D eigenvalue weighted by atomic mass is 10.1. The zero-order valence-electron chi connectivity index (χ0n) is 10.9. The molecule has 0 amide bonds. The Morgan fingerprint density at radius 2 is 2.11 bits per heavy atom. The number of nitrogen functional groups attached to an aromatic ring is 1. The second kappa shape index (κ2) is 4.72. The van der Waals surface area contributed by atoms with Gasteiger partial charge >= 0.3 is 0 Å². The number of benzene rings is 1. The van der Waals surface area contributed by atoms with Crippen LogP contribution in [-0.2, 0) is 19.9 Å². The van der Waals surface area contributed by atoms with Crippen molar-refractivity contribution < 1.29 is 0 Å². The van der Waals surface area contributed by atoms with Crippen LogP contribution in [0.3, 0.4) is 0 Å². The summed E-state index contributed by atoms with van der Waals surface area (Å²) in [5.74, 6) is 1.07. The van der Waals surface area contributed by atoms with Crippen LogP contribution in [-0.4, -0.2) is 14.5 Å². The number of hydrogen-bond acceptors (Lipinski definition) is 3. The molecule has 2 N–H and O–H groups in total. The highest BCUT2D eigenvalue weighted by atomic mass is 15.1. The van der Waals surface area contributed by atoms with E-state index in [0.717, 1.165) is 35.4 Å². The number of nitrogens with zero attached hydrogens (tertiary/aromatic N) is 3. The van der Waals surface area contributed by atoms with Crippen molar-refractivity contribution in [2.45, 2.75) is 12.8 Å². The molecule has 0 aliphatic rings. The Labute approximate surface area is 111 Å². The van der Waals surface area contributed by atoms with Gasteiger partial charge in [-0.2, -0.15) is 0 Å². The smallest absolute Gasteiger partial charge is 0.109 e. The van der Waals surface area contributed by atoms with E-state index in [4.69, 9.17) is 5.73 Å². The van der Waals surface area contributed by atoms with E-state index in [2.05, 4.69) is 20.6 Å². The Balaban J connectivity index is 1.84. The normalized spacial score (nSPS) is 11.0. The second-order valence-corrected chi connectivity index (χ2v) is 4.70. The number of aryl methyl sites for hydroxylation is 3. The number of nitrogens with two attached hydrogens (primary N) is 1. The van der Waals surface area contributed by atoms with Crippen LogP contribution < -0.4 is 5.73 Å². The number of hydrogen-bond donors (Lipinski definition) is 1. The van der Waals surface area contributed by atoms with Gasteiger partial charge in [0.05, 0.1) is 11.7 Å². The minimum atomic E-state index is 0.812. The lowest BCUT2D eigenvalue weighted by molar-refractivity contribution is 0.787. The minimum absolute atomic E-state index is 0.812. The van der Waals surface area contributed by atoms with Crippen LogP contribution in [0.15, 0.2) is 42.7 Å². The van der Waals surface area contributed by atoms with Crippen molar-refractivity contribution in [3.8, 4) is 0 Å². The van der Waals surface area contributed by atoms with Gasteiger partial charge in [-0.15, -0.1) is 0 Å². The molecule has 3 aromatic rings. The van der Waals surface area contributed by atoms with Crippen molar-refractivity contribution in [2.75, 3.05) is 5.73 Å². The fourth-order valence-electron chi connectivity index (χ4n) is 2.33. The van der Waals surface area contributed by atoms with Gasteiger partial charge in [-0.05, 0) is 30.2 Å². The van der Waals surface area contributed by atoms with Gasteiger partial charge in [0.25, 0.3) is 0 Å². The van der Waals surface area contributed by atoms with E-state index in [0.29, 0.717) is 0 Å². The molecule has 0 atom stereocenters. The van der Waals surface area contributed by atoms with Crippen LogP contribution in [0.2, 0.25) is 0 Å². The topological polar surface area (TPSA) is 56.7 Å². The summed E-state index contributed by atoms with van der Waals surface area (Å²) in [5, 5.41) is 0. The van der Waals surface area contributed by atoms with Crippen LogP contribution in [0.1, 0.15) is 11.4 Å². The molecule has 0 saturated carbocycles. The molecule has 0 unspecified atom stereocenters. The lowest BCUT2D eigenvalue weighted by Gasteiger charge is -2.03. The molecule has 0 bridgehead atoms. The van der Waals surface area contributed by atoms with Gasteiger partial charge in [0, 0.05) is 25.4 Å². The van der Waals surface area contributed by atoms with Gasteiger partial charge in [-0.1, -0.05) is 12.1 Å². The van der Waals surface area contributed by atoms with Crippen molar-refractivity contribution in [1.82, 2.24) is 14.5 Å². The molecule has 0 spiro atoms. The van der Waals surface area contributed by atoms with Gasteiger partial charge in [-0.3, -0.25) is 4.98 Å². The summed E-state index contributed by atoms with van der Waals surface area (Å²) in [7, 11) is 2.05. The molecule has 2 aromatic heterocycles. The second-order valence-electron chi connectivity index (χ2n) is 4.70. The molecule has 4 nitrogen and oxygen atoms in total. The maximum atomic E-state index is 5.79. The van der Waals surface area contributed by atoms with Crippen molar-refractivity contribution in [3.05, 3.63) is 54.1 Å². The predicted octanol–water partition coefficient (Wildman–Crippen LogP) is 2.34. The summed E-state index contributed by atoms with van der Waals surface area (Å²) < 4.78 is 2.13. The molecular formula is C15H16N4. The minimum Gasteiger partial charge on any atom is -0.399 e. The van der Waals surface area contributed by atoms with E-state index in [-0.39, 0.29) is 0 Å². The molecular weight excluding hydrogens is 236 g/mol. The third-order valence-corrected chi connectivity index (χ3v) is 3.36. The molecule has 2 heterocycles. The Bertz CT molecular complexity index is 715. The van der Waals surface area contributed by atoms with Gasteiger partial charge in [-0.25, -0.2) is 4.98 Å². The van der Waals surface area contributed by atoms with Gasteiger partial charge < -0.3 is 10.3 Å². The largest absolute Gasteiger partial charge is 0.399 e. The first-order valence-electron chi connectivity index (χ1n) is 6.34. The molecule has 19 heavy (non-hydrogen) atoms. The highest BCUT2D eigenvalue weighted by Gasteiger charge is 2.07. The number of anilines is 1. The first kappa shape index (κ1) is 11.7. The van der Waals surface area contributed by atoms with Crippen LogP contribution >= 0.6 is 0 Å². The first-order valence-corrected chi connectivity index (χ1v) is 6.34. The van der Waals surface area contributed by atoms with E-state index in [1.807, 2.05) is 31.3 Å². The quantitative estimate of drug-likeness (QED) is 0.728. The third kappa shape index (κ3) is 2.29. The fourth-order valence-corrected chi connectivity index (χ4v) is 2.33. The Hall–Kier alpha value is -2.36. The average molecular weight is 252 g/mol. The molecule has 96 valence electrons. The van der Waals surface area contributed by atoms with Gasteiger partial charge in [0.1, 0.15) is 11.3 Å². The number of fused-ring (bicyclic) bond motifs is 1. The van der Waals surface area contributed by atoms with Gasteiger partial charge in [0.2, 0.25) is 0 Å². The Kier molecular flexibility index (Phi) is 2.91. The van der Waals surface area contributed by atoms with Crippen molar-refractivity contribution in [2.24, 2.45) is 7.05 Å². The van der Waals surface area contributed by atoms with Gasteiger partial charge in [0.15, 0.2) is 0 Å². The zero-order chi connectivity index (χ0) is 13.2. The number of imidazole rings is 1. The standard InChI is InChI=1S/C15H16N4/c1-19-14-7-8-17-10-13(14)18-15(19)6-5-11-3-2-4-12(16)9-11/h2-4,7-10H,5-6,16H2,1H3. The number of rotatable bonds is 3. The predicted molar refractivity (Wildman–Crippen MR) is 76.8 cm³/mol. The lowest BCUT2D eigenvalue weighted by Crippen LogP contribution is -2.00. The molecule has 0 radical (unpaired) electrons. The summed E-state index contributed by atoms with van der Waals surface area (Å²) in [6, 6.07) is 10.0. The summed E-state index contributed by atoms with van der Waals surface area (Å²) in [5.41, 5.74) is 9.92. The van der Waals surface area contributed by atoms with E-state index < -0.39 is 0 Å². The summed E-state index contributed by atoms with van der Waals surface area (Å²) in [4.78, 5) is 8.72. The maximum Gasteiger partial charge on any atom is 0.109 e. The van der Waals surface area contributed by atoms with E-state index in [9.17, 15) is 0 Å². The van der Waals surface area contributed by atoms with Crippen LogP contribution in [0, 0.1) is 0 Å². The summed E-state index contributed by atoms with van der Waals surface area (Å²) in [6.07, 6.45) is 5.44.